The Kier molecular flexibility index (Phi) is 37.0. The molecule has 0 aromatic heterocycles. The average Bonchev–Trinajstić information content (AvgIpc) is 3.25. The van der Waals surface area contributed by atoms with Crippen LogP contribution >= 0.6 is 0 Å². The first-order chi connectivity index (χ1) is 29.2. The molecule has 1 amide bonds. The third-order valence-electron chi connectivity index (χ3n) is 12.0. The van der Waals surface area contributed by atoms with Gasteiger partial charge in [-0.1, -0.05) is 179 Å². The lowest BCUT2D eigenvalue weighted by Crippen LogP contribution is -2.60. The van der Waals surface area contributed by atoms with Gasteiger partial charge in [0.1, 0.15) is 36.6 Å². The number of unbranched alkanes of at least 4 members (excludes halogenated alkanes) is 25. The average molecular weight is 856 g/mol. The van der Waals surface area contributed by atoms with Gasteiger partial charge in [0.25, 0.3) is 0 Å². The Hall–Kier alpha value is -1.41. The number of rotatable bonds is 41. The molecule has 0 spiro atoms. The molecule has 0 saturated carbocycles. The first kappa shape index (κ1) is 56.6. The first-order valence-electron chi connectivity index (χ1n) is 24.7. The Morgan fingerprint density at radius 3 is 1.45 bits per heavy atom. The highest BCUT2D eigenvalue weighted by atomic mass is 16.7. The Bertz CT molecular complexity index is 1030. The van der Waals surface area contributed by atoms with Crippen LogP contribution in [-0.4, -0.2) is 110 Å². The minimum absolute atomic E-state index is 0.169. The summed E-state index contributed by atoms with van der Waals surface area (Å²) < 4.78 is 11.0. The smallest absolute Gasteiger partial charge is 0.249 e. The van der Waals surface area contributed by atoms with E-state index in [0.717, 1.165) is 32.1 Å². The van der Waals surface area contributed by atoms with E-state index < -0.39 is 74.2 Å². The van der Waals surface area contributed by atoms with Crippen molar-refractivity contribution < 1.29 is 50.0 Å². The van der Waals surface area contributed by atoms with Crippen LogP contribution in [0.2, 0.25) is 0 Å². The molecule has 0 aromatic carbocycles. The second-order valence-electron chi connectivity index (χ2n) is 17.5. The van der Waals surface area contributed by atoms with Crippen LogP contribution < -0.4 is 5.32 Å². The molecule has 11 nitrogen and oxygen atoms in total. The lowest BCUT2D eigenvalue weighted by Gasteiger charge is -2.40. The first-order valence-corrected chi connectivity index (χ1v) is 24.7. The van der Waals surface area contributed by atoms with Gasteiger partial charge in [0.15, 0.2) is 6.29 Å². The van der Waals surface area contributed by atoms with Crippen LogP contribution in [0.4, 0.5) is 0 Å². The van der Waals surface area contributed by atoms with Gasteiger partial charge in [-0.15, -0.1) is 0 Å². The molecule has 1 rings (SSSR count). The van der Waals surface area contributed by atoms with Crippen molar-refractivity contribution in [3.8, 4) is 0 Å². The summed E-state index contributed by atoms with van der Waals surface area (Å²) in [4.78, 5) is 13.0. The van der Waals surface area contributed by atoms with E-state index in [-0.39, 0.29) is 12.8 Å². The second-order valence-corrected chi connectivity index (χ2v) is 17.5. The Balaban J connectivity index is 2.32. The number of hydrogen-bond acceptors (Lipinski definition) is 10. The van der Waals surface area contributed by atoms with E-state index in [2.05, 4.69) is 37.4 Å². The van der Waals surface area contributed by atoms with Crippen LogP contribution in [0.3, 0.4) is 0 Å². The molecule has 8 N–H and O–H groups in total. The van der Waals surface area contributed by atoms with E-state index in [4.69, 9.17) is 9.47 Å². The molecule has 11 heteroatoms. The number of nitrogens with one attached hydrogen (secondary N) is 1. The third-order valence-corrected chi connectivity index (χ3v) is 12.0. The van der Waals surface area contributed by atoms with Gasteiger partial charge in [-0.05, 0) is 57.8 Å². The highest BCUT2D eigenvalue weighted by Gasteiger charge is 2.44. The molecule has 9 unspecified atom stereocenters. The number of hydrogen-bond donors (Lipinski definition) is 8. The van der Waals surface area contributed by atoms with Crippen molar-refractivity contribution in [3.05, 3.63) is 24.3 Å². The highest BCUT2D eigenvalue weighted by molar-refractivity contribution is 5.80. The van der Waals surface area contributed by atoms with Gasteiger partial charge in [0.05, 0.1) is 25.4 Å². The van der Waals surface area contributed by atoms with Gasteiger partial charge in [0, 0.05) is 0 Å². The Morgan fingerprint density at radius 2 is 0.983 bits per heavy atom. The number of amides is 1. The molecular formula is C49H93NO10. The van der Waals surface area contributed by atoms with E-state index >= 15 is 0 Å². The fourth-order valence-electron chi connectivity index (χ4n) is 7.85. The standard InChI is InChI=1S/C49H93NO10/c1-3-5-7-9-11-13-14-15-16-17-18-19-20-21-22-23-24-25-26-27-28-29-31-32-34-36-41(52)44(54)40(39-59-49-47(57)46(56)45(55)43(38-51)60-49)50-48(58)42(53)37-35-33-30-12-10-8-6-4-2/h29-31,33,40-47,49,51-57H,3-28,32,34-39H2,1-2H3,(H,50,58)/b31-29+,33-30-. The van der Waals surface area contributed by atoms with Crippen molar-refractivity contribution in [1.29, 1.82) is 0 Å². The van der Waals surface area contributed by atoms with Gasteiger partial charge >= 0.3 is 0 Å². The largest absolute Gasteiger partial charge is 0.394 e. The SMILES string of the molecule is CCCCCC/C=C\CCC(O)C(=O)NC(COC1OC(CO)C(O)C(O)C1O)C(O)C(O)CCC/C=C/CCCCCCCCCCCCCCCCCCCCCC. The molecular weight excluding hydrogens is 763 g/mol. The summed E-state index contributed by atoms with van der Waals surface area (Å²) >= 11 is 0. The summed E-state index contributed by atoms with van der Waals surface area (Å²) in [6.07, 6.45) is 32.9. The summed E-state index contributed by atoms with van der Waals surface area (Å²) in [5.74, 6) is -0.743. The van der Waals surface area contributed by atoms with Crippen molar-refractivity contribution >= 4 is 5.91 Å². The van der Waals surface area contributed by atoms with E-state index in [1.54, 1.807) is 0 Å². The molecule has 1 heterocycles. The lowest BCUT2D eigenvalue weighted by molar-refractivity contribution is -0.303. The van der Waals surface area contributed by atoms with E-state index in [0.29, 0.717) is 12.8 Å². The predicted octanol–water partition coefficient (Wildman–Crippen LogP) is 8.62. The van der Waals surface area contributed by atoms with Gasteiger partial charge in [-0.2, -0.15) is 0 Å². The van der Waals surface area contributed by atoms with E-state index in [1.807, 2.05) is 6.08 Å². The highest BCUT2D eigenvalue weighted by Crippen LogP contribution is 2.23. The summed E-state index contributed by atoms with van der Waals surface area (Å²) in [6.45, 7) is 3.36. The topological polar surface area (TPSA) is 189 Å². The summed E-state index contributed by atoms with van der Waals surface area (Å²) in [6, 6.07) is -1.20. The number of ether oxygens (including phenoxy) is 2. The fourth-order valence-corrected chi connectivity index (χ4v) is 7.85. The van der Waals surface area contributed by atoms with Crippen molar-refractivity contribution in [3.63, 3.8) is 0 Å². The number of carbonyl (C=O) groups excluding carboxylic acids is 1. The lowest BCUT2D eigenvalue weighted by atomic mass is 9.99. The monoisotopic (exact) mass is 856 g/mol. The summed E-state index contributed by atoms with van der Waals surface area (Å²) in [7, 11) is 0. The van der Waals surface area contributed by atoms with Crippen LogP contribution in [0.5, 0.6) is 0 Å². The van der Waals surface area contributed by atoms with Gasteiger partial charge < -0.3 is 50.5 Å². The molecule has 1 aliphatic rings. The normalized spacial score (nSPS) is 21.8. The van der Waals surface area contributed by atoms with Crippen molar-refractivity contribution in [2.24, 2.45) is 0 Å². The van der Waals surface area contributed by atoms with Crippen LogP contribution in [0.15, 0.2) is 24.3 Å². The van der Waals surface area contributed by atoms with Gasteiger partial charge in [0.2, 0.25) is 5.91 Å². The fraction of sp³-hybridized carbons (Fsp3) is 0.898. The minimum atomic E-state index is -1.67. The van der Waals surface area contributed by atoms with E-state index in [1.165, 1.54) is 141 Å². The molecule has 0 aliphatic carbocycles. The Morgan fingerprint density at radius 1 is 0.567 bits per heavy atom. The van der Waals surface area contributed by atoms with Crippen LogP contribution in [0.1, 0.15) is 213 Å². The molecule has 1 saturated heterocycles. The quantitative estimate of drug-likeness (QED) is 0.0218. The molecule has 60 heavy (non-hydrogen) atoms. The van der Waals surface area contributed by atoms with Crippen LogP contribution in [0.25, 0.3) is 0 Å². The number of carbonyl (C=O) groups is 1. The van der Waals surface area contributed by atoms with Gasteiger partial charge in [-0.25, -0.2) is 0 Å². The maximum atomic E-state index is 13.0. The molecule has 0 radical (unpaired) electrons. The minimum Gasteiger partial charge on any atom is -0.394 e. The molecule has 0 bridgehead atoms. The maximum Gasteiger partial charge on any atom is 0.249 e. The second kappa shape index (κ2) is 39.2. The van der Waals surface area contributed by atoms with Crippen molar-refractivity contribution in [2.45, 2.75) is 268 Å². The third kappa shape index (κ3) is 28.3. The molecule has 1 fully saturated rings. The zero-order chi connectivity index (χ0) is 44.1. The summed E-state index contributed by atoms with van der Waals surface area (Å²) in [5, 5.41) is 75.4. The van der Waals surface area contributed by atoms with E-state index in [9.17, 15) is 40.5 Å². The van der Waals surface area contributed by atoms with Crippen molar-refractivity contribution in [2.75, 3.05) is 13.2 Å². The van der Waals surface area contributed by atoms with Crippen LogP contribution in [-0.2, 0) is 14.3 Å². The maximum absolute atomic E-state index is 13.0. The molecule has 9 atom stereocenters. The number of aliphatic hydroxyl groups is 7. The molecule has 354 valence electrons. The number of aliphatic hydroxyl groups excluding tert-OH is 7. The zero-order valence-electron chi connectivity index (χ0n) is 38.2. The zero-order valence-corrected chi connectivity index (χ0v) is 38.2. The molecule has 1 aliphatic heterocycles. The summed E-state index contributed by atoms with van der Waals surface area (Å²) in [5.41, 5.74) is 0. The van der Waals surface area contributed by atoms with Crippen LogP contribution in [0, 0.1) is 0 Å². The number of allylic oxidation sites excluding steroid dienone is 4. The van der Waals surface area contributed by atoms with Gasteiger partial charge in [-0.3, -0.25) is 4.79 Å². The van der Waals surface area contributed by atoms with Crippen molar-refractivity contribution in [1.82, 2.24) is 5.32 Å². The molecule has 0 aromatic rings. The predicted molar refractivity (Wildman–Crippen MR) is 242 cm³/mol. The Labute approximate surface area is 365 Å².